The fourth-order valence-electron chi connectivity index (χ4n) is 2.81. The van der Waals surface area contributed by atoms with Crippen LogP contribution in [0.3, 0.4) is 0 Å². The minimum absolute atomic E-state index is 0.0890. The molecule has 27 heavy (non-hydrogen) atoms. The van der Waals surface area contributed by atoms with Crippen molar-refractivity contribution < 1.29 is 23.8 Å². The molecule has 1 aliphatic heterocycles. The molecular formula is C20H22N2O5. The highest BCUT2D eigenvalue weighted by atomic mass is 16.5. The Morgan fingerprint density at radius 3 is 2.70 bits per heavy atom. The van der Waals surface area contributed by atoms with E-state index in [0.717, 1.165) is 0 Å². The molecule has 0 saturated heterocycles. The lowest BCUT2D eigenvalue weighted by molar-refractivity contribution is -0.123. The van der Waals surface area contributed by atoms with Gasteiger partial charge < -0.3 is 19.5 Å². The van der Waals surface area contributed by atoms with E-state index >= 15 is 0 Å². The zero-order chi connectivity index (χ0) is 19.2. The second kappa shape index (κ2) is 8.44. The van der Waals surface area contributed by atoms with Crippen LogP contribution in [0.15, 0.2) is 42.5 Å². The van der Waals surface area contributed by atoms with Gasteiger partial charge in [0, 0.05) is 6.07 Å². The molecule has 1 heterocycles. The number of ether oxygens (including phenoxy) is 3. The molecule has 142 valence electrons. The SMILES string of the molecule is CCOc1ccc(OCC)c(NC(=O)CN2C(=O)COc3ccccc32)c1. The van der Waals surface area contributed by atoms with Gasteiger partial charge in [-0.2, -0.15) is 0 Å². The molecule has 1 aliphatic rings. The molecule has 0 spiro atoms. The van der Waals surface area contributed by atoms with Gasteiger partial charge in [0.1, 0.15) is 23.8 Å². The van der Waals surface area contributed by atoms with Crippen LogP contribution in [0.4, 0.5) is 11.4 Å². The van der Waals surface area contributed by atoms with Gasteiger partial charge in [0.05, 0.1) is 24.6 Å². The van der Waals surface area contributed by atoms with Crippen LogP contribution < -0.4 is 24.4 Å². The van der Waals surface area contributed by atoms with Crippen molar-refractivity contribution in [2.24, 2.45) is 0 Å². The quantitative estimate of drug-likeness (QED) is 0.811. The normalized spacial score (nSPS) is 12.8. The third-order valence-corrected chi connectivity index (χ3v) is 3.95. The summed E-state index contributed by atoms with van der Waals surface area (Å²) < 4.78 is 16.5. The topological polar surface area (TPSA) is 77.1 Å². The van der Waals surface area contributed by atoms with Gasteiger partial charge in [-0.05, 0) is 38.1 Å². The largest absolute Gasteiger partial charge is 0.494 e. The molecule has 0 fully saturated rings. The predicted octanol–water partition coefficient (Wildman–Crippen LogP) is 2.85. The number of benzene rings is 2. The first kappa shape index (κ1) is 18.6. The van der Waals surface area contributed by atoms with Gasteiger partial charge in [-0.3, -0.25) is 14.5 Å². The Balaban J connectivity index is 1.78. The molecule has 3 rings (SSSR count). The number of rotatable bonds is 7. The predicted molar refractivity (Wildman–Crippen MR) is 102 cm³/mol. The standard InChI is InChI=1S/C20H22N2O5/c1-3-25-14-9-10-17(26-4-2)15(11-14)21-19(23)12-22-16-7-5-6-8-18(16)27-13-20(22)24/h5-11H,3-4,12-13H2,1-2H3,(H,21,23). The maximum Gasteiger partial charge on any atom is 0.265 e. The second-order valence-electron chi connectivity index (χ2n) is 5.81. The summed E-state index contributed by atoms with van der Waals surface area (Å²) in [5.74, 6) is 1.15. The fourth-order valence-corrected chi connectivity index (χ4v) is 2.81. The van der Waals surface area contributed by atoms with Crippen molar-refractivity contribution in [3.05, 3.63) is 42.5 Å². The first-order chi connectivity index (χ1) is 13.1. The van der Waals surface area contributed by atoms with Crippen LogP contribution in [0.1, 0.15) is 13.8 Å². The second-order valence-corrected chi connectivity index (χ2v) is 5.81. The first-order valence-electron chi connectivity index (χ1n) is 8.84. The maximum atomic E-state index is 12.6. The van der Waals surface area contributed by atoms with Gasteiger partial charge >= 0.3 is 0 Å². The third kappa shape index (κ3) is 4.31. The van der Waals surface area contributed by atoms with Crippen LogP contribution in [0.5, 0.6) is 17.2 Å². The average molecular weight is 370 g/mol. The highest BCUT2D eigenvalue weighted by molar-refractivity contribution is 6.05. The van der Waals surface area contributed by atoms with Crippen molar-refractivity contribution in [3.63, 3.8) is 0 Å². The maximum absolute atomic E-state index is 12.6. The monoisotopic (exact) mass is 370 g/mol. The number of carbonyl (C=O) groups excluding carboxylic acids is 2. The minimum atomic E-state index is -0.338. The van der Waals surface area contributed by atoms with Gasteiger partial charge in [-0.25, -0.2) is 0 Å². The van der Waals surface area contributed by atoms with E-state index in [2.05, 4.69) is 5.32 Å². The van der Waals surface area contributed by atoms with Crippen molar-refractivity contribution in [3.8, 4) is 17.2 Å². The van der Waals surface area contributed by atoms with Gasteiger partial charge in [0.15, 0.2) is 6.61 Å². The molecule has 0 saturated carbocycles. The van der Waals surface area contributed by atoms with E-state index in [1.807, 2.05) is 19.9 Å². The van der Waals surface area contributed by atoms with E-state index in [1.165, 1.54) is 4.90 Å². The lowest BCUT2D eigenvalue weighted by atomic mass is 10.2. The molecule has 0 aliphatic carbocycles. The Morgan fingerprint density at radius 1 is 1.15 bits per heavy atom. The number of anilines is 2. The molecule has 7 heteroatoms. The summed E-state index contributed by atoms with van der Waals surface area (Å²) in [6.07, 6.45) is 0. The summed E-state index contributed by atoms with van der Waals surface area (Å²) in [7, 11) is 0. The Kier molecular flexibility index (Phi) is 5.80. The molecule has 2 amide bonds. The Bertz CT molecular complexity index is 837. The summed E-state index contributed by atoms with van der Waals surface area (Å²) >= 11 is 0. The summed E-state index contributed by atoms with van der Waals surface area (Å²) in [5.41, 5.74) is 1.08. The van der Waals surface area contributed by atoms with E-state index < -0.39 is 0 Å². The Morgan fingerprint density at radius 2 is 1.93 bits per heavy atom. The van der Waals surface area contributed by atoms with Crippen LogP contribution in [-0.4, -0.2) is 38.2 Å². The molecule has 1 N–H and O–H groups in total. The highest BCUT2D eigenvalue weighted by Gasteiger charge is 2.27. The molecule has 2 aromatic rings. The fraction of sp³-hybridized carbons (Fsp3) is 0.300. The zero-order valence-corrected chi connectivity index (χ0v) is 15.4. The lowest BCUT2D eigenvalue weighted by Crippen LogP contribution is -2.43. The number of hydrogen-bond acceptors (Lipinski definition) is 5. The first-order valence-corrected chi connectivity index (χ1v) is 8.84. The van der Waals surface area contributed by atoms with Crippen LogP contribution in [0.2, 0.25) is 0 Å². The van der Waals surface area contributed by atoms with Crippen LogP contribution >= 0.6 is 0 Å². The summed E-state index contributed by atoms with van der Waals surface area (Å²) in [5, 5.41) is 2.81. The number of fused-ring (bicyclic) bond motifs is 1. The van der Waals surface area contributed by atoms with E-state index in [0.29, 0.717) is 41.8 Å². The van der Waals surface area contributed by atoms with Gasteiger partial charge in [0.2, 0.25) is 5.91 Å². The lowest BCUT2D eigenvalue weighted by Gasteiger charge is -2.28. The molecule has 0 unspecified atom stereocenters. The van der Waals surface area contributed by atoms with Crippen molar-refractivity contribution >= 4 is 23.2 Å². The molecule has 0 atom stereocenters. The van der Waals surface area contributed by atoms with Crippen molar-refractivity contribution in [2.75, 3.05) is 36.6 Å². The Hall–Kier alpha value is -3.22. The number of carbonyl (C=O) groups is 2. The minimum Gasteiger partial charge on any atom is -0.494 e. The highest BCUT2D eigenvalue weighted by Crippen LogP contribution is 2.32. The van der Waals surface area contributed by atoms with Crippen LogP contribution in [-0.2, 0) is 9.59 Å². The smallest absolute Gasteiger partial charge is 0.265 e. The number of para-hydroxylation sites is 2. The van der Waals surface area contributed by atoms with Crippen LogP contribution in [0.25, 0.3) is 0 Å². The molecular weight excluding hydrogens is 348 g/mol. The van der Waals surface area contributed by atoms with Gasteiger partial charge in [0.25, 0.3) is 5.91 Å². The van der Waals surface area contributed by atoms with E-state index in [1.54, 1.807) is 36.4 Å². The summed E-state index contributed by atoms with van der Waals surface area (Å²) in [4.78, 5) is 26.3. The van der Waals surface area contributed by atoms with Gasteiger partial charge in [-0.15, -0.1) is 0 Å². The van der Waals surface area contributed by atoms with Crippen molar-refractivity contribution in [1.29, 1.82) is 0 Å². The van der Waals surface area contributed by atoms with E-state index in [4.69, 9.17) is 14.2 Å². The molecule has 0 aromatic heterocycles. The molecule has 0 radical (unpaired) electrons. The summed E-state index contributed by atoms with van der Waals surface area (Å²) in [6.45, 7) is 4.52. The van der Waals surface area contributed by atoms with Crippen molar-refractivity contribution in [1.82, 2.24) is 0 Å². The van der Waals surface area contributed by atoms with E-state index in [9.17, 15) is 9.59 Å². The number of amides is 2. The molecule has 0 bridgehead atoms. The number of nitrogens with one attached hydrogen (secondary N) is 1. The zero-order valence-electron chi connectivity index (χ0n) is 15.4. The summed E-state index contributed by atoms with van der Waals surface area (Å²) in [6, 6.07) is 12.4. The molecule has 2 aromatic carbocycles. The van der Waals surface area contributed by atoms with Crippen molar-refractivity contribution in [2.45, 2.75) is 13.8 Å². The van der Waals surface area contributed by atoms with Gasteiger partial charge in [-0.1, -0.05) is 12.1 Å². The van der Waals surface area contributed by atoms with E-state index in [-0.39, 0.29) is 25.0 Å². The average Bonchev–Trinajstić information content (AvgIpc) is 2.66. The van der Waals surface area contributed by atoms with Crippen LogP contribution in [0, 0.1) is 0 Å². The third-order valence-electron chi connectivity index (χ3n) is 3.95. The number of hydrogen-bond donors (Lipinski definition) is 1. The number of nitrogens with zero attached hydrogens (tertiary/aromatic N) is 1. The Labute approximate surface area is 157 Å². The molecule has 7 nitrogen and oxygen atoms in total.